The molecule has 0 bridgehead atoms. The summed E-state index contributed by atoms with van der Waals surface area (Å²) < 4.78 is 20.4. The quantitative estimate of drug-likeness (QED) is 0.445. The van der Waals surface area contributed by atoms with Crippen LogP contribution in [0.25, 0.3) is 5.65 Å². The monoisotopic (exact) mass is 452 g/mol. The molecule has 0 aliphatic carbocycles. The summed E-state index contributed by atoms with van der Waals surface area (Å²) in [4.78, 5) is 28.8. The number of urea groups is 1. The van der Waals surface area contributed by atoms with E-state index in [1.165, 1.54) is 28.7 Å². The zero-order chi connectivity index (χ0) is 22.7. The zero-order valence-electron chi connectivity index (χ0n) is 16.9. The lowest BCUT2D eigenvalue weighted by Gasteiger charge is -2.10. The second kappa shape index (κ2) is 9.07. The van der Waals surface area contributed by atoms with Crippen LogP contribution in [0.4, 0.5) is 20.6 Å². The van der Waals surface area contributed by atoms with Crippen molar-refractivity contribution in [1.82, 2.24) is 9.38 Å². The van der Waals surface area contributed by atoms with Crippen LogP contribution in [-0.2, 0) is 6.61 Å². The van der Waals surface area contributed by atoms with E-state index in [9.17, 15) is 14.0 Å². The highest BCUT2D eigenvalue weighted by Crippen LogP contribution is 2.20. The van der Waals surface area contributed by atoms with Gasteiger partial charge in [-0.2, -0.15) is 0 Å². The Labute approximate surface area is 187 Å². The molecule has 2 N–H and O–H groups in total. The number of anilines is 2. The number of aromatic nitrogens is 2. The van der Waals surface area contributed by atoms with E-state index in [1.54, 1.807) is 30.5 Å². The van der Waals surface area contributed by atoms with E-state index in [1.807, 2.05) is 19.1 Å². The van der Waals surface area contributed by atoms with Gasteiger partial charge in [0.25, 0.3) is 5.56 Å². The van der Waals surface area contributed by atoms with Crippen LogP contribution < -0.4 is 20.9 Å². The van der Waals surface area contributed by atoms with E-state index in [2.05, 4.69) is 15.6 Å². The van der Waals surface area contributed by atoms with E-state index >= 15 is 0 Å². The average Bonchev–Trinajstić information content (AvgIpc) is 2.75. The predicted molar refractivity (Wildman–Crippen MR) is 121 cm³/mol. The lowest BCUT2D eigenvalue weighted by Crippen LogP contribution is -2.19. The highest BCUT2D eigenvalue weighted by Gasteiger charge is 2.07. The van der Waals surface area contributed by atoms with E-state index in [-0.39, 0.29) is 17.2 Å². The molecule has 0 aliphatic heterocycles. The summed E-state index contributed by atoms with van der Waals surface area (Å²) in [5, 5.41) is 5.15. The first-order chi connectivity index (χ1) is 15.4. The topological polar surface area (TPSA) is 84.7 Å². The fourth-order valence-electron chi connectivity index (χ4n) is 2.99. The van der Waals surface area contributed by atoms with Gasteiger partial charge < -0.3 is 15.4 Å². The third-order valence-corrected chi connectivity index (χ3v) is 4.84. The molecule has 0 atom stereocenters. The van der Waals surface area contributed by atoms with Crippen LogP contribution >= 0.6 is 11.6 Å². The highest BCUT2D eigenvalue weighted by molar-refractivity contribution is 6.31. The fraction of sp³-hybridized carbons (Fsp3) is 0.0870. The minimum atomic E-state index is -0.563. The predicted octanol–water partition coefficient (Wildman–Crippen LogP) is 5.02. The minimum absolute atomic E-state index is 0.0805. The molecular formula is C23H18ClFN4O3. The Bertz CT molecular complexity index is 1360. The fourth-order valence-corrected chi connectivity index (χ4v) is 3.17. The molecule has 0 radical (unpaired) electrons. The SMILES string of the molecule is Cc1ccn2c(=O)cc(COc3ccc(NC(=O)Nc4ccc(F)c(Cl)c4)cc3)nc2c1. The Kier molecular flexibility index (Phi) is 6.04. The first-order valence-electron chi connectivity index (χ1n) is 9.62. The molecule has 162 valence electrons. The van der Waals surface area contributed by atoms with Gasteiger partial charge in [0.2, 0.25) is 0 Å². The van der Waals surface area contributed by atoms with Crippen molar-refractivity contribution in [2.75, 3.05) is 10.6 Å². The lowest BCUT2D eigenvalue weighted by atomic mass is 10.3. The van der Waals surface area contributed by atoms with Gasteiger partial charge in [0, 0.05) is 23.6 Å². The number of nitrogens with one attached hydrogen (secondary N) is 2. The number of rotatable bonds is 5. The van der Waals surface area contributed by atoms with Crippen LogP contribution in [0.2, 0.25) is 5.02 Å². The Hall–Kier alpha value is -3.91. The van der Waals surface area contributed by atoms with Crippen LogP contribution in [0, 0.1) is 12.7 Å². The van der Waals surface area contributed by atoms with Gasteiger partial charge in [-0.05, 0) is 67.1 Å². The molecule has 7 nitrogen and oxygen atoms in total. The van der Waals surface area contributed by atoms with Gasteiger partial charge in [0.1, 0.15) is 23.8 Å². The number of benzene rings is 2. The zero-order valence-corrected chi connectivity index (χ0v) is 17.7. The number of carbonyl (C=O) groups excluding carboxylic acids is 1. The van der Waals surface area contributed by atoms with Gasteiger partial charge in [-0.25, -0.2) is 14.2 Å². The average molecular weight is 453 g/mol. The van der Waals surface area contributed by atoms with E-state index in [0.717, 1.165) is 5.56 Å². The van der Waals surface area contributed by atoms with E-state index < -0.39 is 11.8 Å². The molecule has 9 heteroatoms. The van der Waals surface area contributed by atoms with Gasteiger partial charge in [0.05, 0.1) is 10.7 Å². The molecule has 0 saturated carbocycles. The second-order valence-corrected chi connectivity index (χ2v) is 7.45. The van der Waals surface area contributed by atoms with Crippen molar-refractivity contribution in [1.29, 1.82) is 0 Å². The summed E-state index contributed by atoms with van der Waals surface area (Å²) in [6.07, 6.45) is 1.69. The number of aryl methyl sites for hydroxylation is 1. The van der Waals surface area contributed by atoms with Crippen molar-refractivity contribution in [3.05, 3.63) is 99.3 Å². The number of nitrogens with zero attached hydrogens (tertiary/aromatic N) is 2. The van der Waals surface area contributed by atoms with Crippen molar-refractivity contribution in [3.63, 3.8) is 0 Å². The maximum Gasteiger partial charge on any atom is 0.323 e. The number of ether oxygens (including phenoxy) is 1. The smallest absolute Gasteiger partial charge is 0.323 e. The number of fused-ring (bicyclic) bond motifs is 1. The summed E-state index contributed by atoms with van der Waals surface area (Å²) in [5.74, 6) is -0.0139. The third kappa shape index (κ3) is 5.04. The van der Waals surface area contributed by atoms with E-state index in [0.29, 0.717) is 28.5 Å². The molecule has 32 heavy (non-hydrogen) atoms. The molecule has 2 heterocycles. The van der Waals surface area contributed by atoms with Crippen LogP contribution in [0.3, 0.4) is 0 Å². The van der Waals surface area contributed by atoms with Crippen molar-refractivity contribution in [3.8, 4) is 5.75 Å². The molecule has 0 spiro atoms. The molecule has 2 aromatic carbocycles. The molecule has 0 fully saturated rings. The summed E-state index contributed by atoms with van der Waals surface area (Å²) >= 11 is 5.71. The molecule has 2 amide bonds. The highest BCUT2D eigenvalue weighted by atomic mass is 35.5. The third-order valence-electron chi connectivity index (χ3n) is 4.55. The number of pyridine rings is 1. The molecule has 0 aliphatic rings. The van der Waals surface area contributed by atoms with E-state index in [4.69, 9.17) is 16.3 Å². The summed E-state index contributed by atoms with van der Waals surface area (Å²) in [6, 6.07) is 15.2. The number of carbonyl (C=O) groups is 1. The van der Waals surface area contributed by atoms with Gasteiger partial charge in [0.15, 0.2) is 0 Å². The Morgan fingerprint density at radius 1 is 1.06 bits per heavy atom. The van der Waals surface area contributed by atoms with Crippen molar-refractivity contribution >= 4 is 34.7 Å². The van der Waals surface area contributed by atoms with Crippen LogP contribution in [0.1, 0.15) is 11.3 Å². The normalized spacial score (nSPS) is 10.7. The van der Waals surface area contributed by atoms with Crippen LogP contribution in [-0.4, -0.2) is 15.4 Å². The maximum absolute atomic E-state index is 13.2. The van der Waals surface area contributed by atoms with Crippen LogP contribution in [0.15, 0.2) is 71.7 Å². The molecule has 4 rings (SSSR count). The first-order valence-corrected chi connectivity index (χ1v) is 10.00. The van der Waals surface area contributed by atoms with Gasteiger partial charge in [-0.3, -0.25) is 9.20 Å². The Balaban J connectivity index is 1.36. The Morgan fingerprint density at radius 3 is 2.53 bits per heavy atom. The summed E-state index contributed by atoms with van der Waals surface area (Å²) in [5.41, 5.74) is 2.79. The number of hydrogen-bond donors (Lipinski definition) is 2. The minimum Gasteiger partial charge on any atom is -0.487 e. The molecule has 0 saturated heterocycles. The standard InChI is InChI=1S/C23H18ClFN4O3/c1-14-8-9-29-21(10-14)26-17(12-22(29)30)13-32-18-5-2-15(3-6-18)27-23(31)28-16-4-7-20(25)19(24)11-16/h2-12H,13H2,1H3,(H2,27,28,31). The number of halogens is 2. The van der Waals surface area contributed by atoms with Crippen molar-refractivity contribution in [2.24, 2.45) is 0 Å². The lowest BCUT2D eigenvalue weighted by molar-refractivity contribution is 0.262. The van der Waals surface area contributed by atoms with Crippen molar-refractivity contribution < 1.29 is 13.9 Å². The van der Waals surface area contributed by atoms with Gasteiger partial charge >= 0.3 is 6.03 Å². The maximum atomic E-state index is 13.2. The summed E-state index contributed by atoms with van der Waals surface area (Å²) in [6.45, 7) is 2.05. The van der Waals surface area contributed by atoms with Crippen LogP contribution in [0.5, 0.6) is 5.75 Å². The largest absolute Gasteiger partial charge is 0.487 e. The Morgan fingerprint density at radius 2 is 1.78 bits per heavy atom. The van der Waals surface area contributed by atoms with Gasteiger partial charge in [-0.1, -0.05) is 11.6 Å². The molecule has 4 aromatic rings. The number of amides is 2. The summed E-state index contributed by atoms with van der Waals surface area (Å²) in [7, 11) is 0. The van der Waals surface area contributed by atoms with Crippen molar-refractivity contribution in [2.45, 2.75) is 13.5 Å². The van der Waals surface area contributed by atoms with Gasteiger partial charge in [-0.15, -0.1) is 0 Å². The number of hydrogen-bond acceptors (Lipinski definition) is 4. The molecule has 2 aromatic heterocycles. The molecular weight excluding hydrogens is 435 g/mol. The molecule has 0 unspecified atom stereocenters. The first kappa shape index (κ1) is 21.3. The second-order valence-electron chi connectivity index (χ2n) is 7.04.